The van der Waals surface area contributed by atoms with Gasteiger partial charge in [-0.05, 0) is 72.8 Å². The molecule has 6 heteroatoms. The third kappa shape index (κ3) is 5.10. The first-order valence-corrected chi connectivity index (χ1v) is 11.1. The molecule has 1 heterocycles. The smallest absolute Gasteiger partial charge is 0.255 e. The van der Waals surface area contributed by atoms with Crippen LogP contribution in [0.1, 0.15) is 15.9 Å². The number of amides is 1. The van der Waals surface area contributed by atoms with Crippen molar-refractivity contribution in [2.45, 2.75) is 0 Å². The summed E-state index contributed by atoms with van der Waals surface area (Å²) >= 11 is 0. The Kier molecular flexibility index (Phi) is 6.05. The molecule has 0 fully saturated rings. The lowest BCUT2D eigenvalue weighted by molar-refractivity contribution is 0.102. The zero-order valence-electron chi connectivity index (χ0n) is 18.7. The van der Waals surface area contributed by atoms with Crippen LogP contribution in [0.2, 0.25) is 0 Å². The van der Waals surface area contributed by atoms with Gasteiger partial charge in [0, 0.05) is 45.6 Å². The summed E-state index contributed by atoms with van der Waals surface area (Å²) in [5, 5.41) is 19.8. The molecule has 0 atom stereocenters. The number of hydrogen-bond acceptors (Lipinski definition) is 5. The van der Waals surface area contributed by atoms with Crippen LogP contribution in [0.25, 0.3) is 10.9 Å². The number of benzene rings is 4. The summed E-state index contributed by atoms with van der Waals surface area (Å²) in [6.45, 7) is 0. The number of carbonyl (C=O) groups is 1. The Morgan fingerprint density at radius 3 is 2.29 bits per heavy atom. The number of rotatable bonds is 6. The number of nitrogens with one attached hydrogen (secondary N) is 3. The Bertz CT molecular complexity index is 1560. The fraction of sp³-hybridized carbons (Fsp3) is 0. The van der Waals surface area contributed by atoms with Gasteiger partial charge in [-0.1, -0.05) is 30.3 Å². The Morgan fingerprint density at radius 1 is 0.714 bits per heavy atom. The fourth-order valence-corrected chi connectivity index (χ4v) is 3.78. The Hall–Kier alpha value is -5.15. The number of hydrogen-bond donors (Lipinski definition) is 3. The highest BCUT2D eigenvalue weighted by molar-refractivity contribution is 6.05. The van der Waals surface area contributed by atoms with E-state index in [-0.39, 0.29) is 5.91 Å². The van der Waals surface area contributed by atoms with Crippen LogP contribution in [0, 0.1) is 11.3 Å². The minimum atomic E-state index is -0.202. The van der Waals surface area contributed by atoms with Crippen molar-refractivity contribution >= 4 is 45.2 Å². The van der Waals surface area contributed by atoms with Crippen molar-refractivity contribution in [1.82, 2.24) is 4.98 Å². The zero-order chi connectivity index (χ0) is 24.0. The number of anilines is 5. The molecule has 0 saturated carbocycles. The highest BCUT2D eigenvalue weighted by Crippen LogP contribution is 2.27. The van der Waals surface area contributed by atoms with Gasteiger partial charge in [-0.25, -0.2) is 0 Å². The maximum absolute atomic E-state index is 12.9. The van der Waals surface area contributed by atoms with Gasteiger partial charge in [0.1, 0.15) is 0 Å². The maximum atomic E-state index is 12.9. The molecule has 0 radical (unpaired) electrons. The van der Waals surface area contributed by atoms with Crippen molar-refractivity contribution in [3.05, 3.63) is 120 Å². The van der Waals surface area contributed by atoms with Crippen LogP contribution in [0.5, 0.6) is 0 Å². The van der Waals surface area contributed by atoms with Crippen LogP contribution in [-0.2, 0) is 0 Å². The second-order valence-electron chi connectivity index (χ2n) is 7.93. The molecular formula is C29H21N5O. The summed E-state index contributed by atoms with van der Waals surface area (Å²) in [6.07, 6.45) is 1.72. The molecule has 5 aromatic rings. The number of aromatic nitrogens is 1. The van der Waals surface area contributed by atoms with Gasteiger partial charge >= 0.3 is 0 Å². The van der Waals surface area contributed by atoms with Crippen LogP contribution in [0.3, 0.4) is 0 Å². The van der Waals surface area contributed by atoms with E-state index in [1.807, 2.05) is 91.0 Å². The summed E-state index contributed by atoms with van der Waals surface area (Å²) in [5.74, 6) is -0.202. The van der Waals surface area contributed by atoms with E-state index in [9.17, 15) is 10.1 Å². The normalized spacial score (nSPS) is 10.4. The van der Waals surface area contributed by atoms with E-state index in [4.69, 9.17) is 0 Å². The molecule has 168 valence electrons. The number of carbonyl (C=O) groups excluding carboxylic acids is 1. The minimum absolute atomic E-state index is 0.202. The van der Waals surface area contributed by atoms with Crippen molar-refractivity contribution in [2.75, 3.05) is 16.0 Å². The Balaban J connectivity index is 1.33. The number of pyridine rings is 1. The molecular weight excluding hydrogens is 434 g/mol. The van der Waals surface area contributed by atoms with E-state index < -0.39 is 0 Å². The molecule has 35 heavy (non-hydrogen) atoms. The second kappa shape index (κ2) is 9.77. The summed E-state index contributed by atoms with van der Waals surface area (Å²) in [5.41, 5.74) is 5.99. The molecule has 1 amide bonds. The standard InChI is InChI=1S/C29H21N5O/c30-19-20-12-13-27-26(16-20)28(14-15-31-27)33-24-10-5-11-25(18-24)34-29(35)21-6-4-9-23(17-21)32-22-7-2-1-3-8-22/h1-18,32H,(H,31,33)(H,34,35). The summed E-state index contributed by atoms with van der Waals surface area (Å²) in [4.78, 5) is 17.3. The molecule has 0 unspecified atom stereocenters. The van der Waals surface area contributed by atoms with E-state index in [2.05, 4.69) is 27.0 Å². The van der Waals surface area contributed by atoms with Crippen molar-refractivity contribution < 1.29 is 4.79 Å². The summed E-state index contributed by atoms with van der Waals surface area (Å²) in [7, 11) is 0. The monoisotopic (exact) mass is 455 g/mol. The summed E-state index contributed by atoms with van der Waals surface area (Å²) < 4.78 is 0. The number of para-hydroxylation sites is 1. The van der Waals surface area contributed by atoms with Crippen LogP contribution < -0.4 is 16.0 Å². The lowest BCUT2D eigenvalue weighted by Gasteiger charge is -2.12. The lowest BCUT2D eigenvalue weighted by atomic mass is 10.1. The first-order chi connectivity index (χ1) is 17.2. The highest BCUT2D eigenvalue weighted by atomic mass is 16.1. The maximum Gasteiger partial charge on any atom is 0.255 e. The molecule has 0 aliphatic carbocycles. The predicted octanol–water partition coefficient (Wildman–Crippen LogP) is 6.85. The number of fused-ring (bicyclic) bond motifs is 1. The number of nitriles is 1. The van der Waals surface area contributed by atoms with E-state index >= 15 is 0 Å². The third-order valence-corrected chi connectivity index (χ3v) is 5.46. The average molecular weight is 456 g/mol. The van der Waals surface area contributed by atoms with Crippen molar-refractivity contribution in [3.63, 3.8) is 0 Å². The fourth-order valence-electron chi connectivity index (χ4n) is 3.78. The summed E-state index contributed by atoms with van der Waals surface area (Å²) in [6, 6.07) is 34.1. The van der Waals surface area contributed by atoms with E-state index in [0.717, 1.165) is 33.7 Å². The quantitative estimate of drug-likeness (QED) is 0.261. The van der Waals surface area contributed by atoms with Crippen molar-refractivity contribution in [1.29, 1.82) is 5.26 Å². The lowest BCUT2D eigenvalue weighted by Crippen LogP contribution is -2.12. The first-order valence-electron chi connectivity index (χ1n) is 11.1. The molecule has 0 saturated heterocycles. The number of nitrogens with zero attached hydrogens (tertiary/aromatic N) is 2. The van der Waals surface area contributed by atoms with Gasteiger partial charge in [-0.3, -0.25) is 9.78 Å². The predicted molar refractivity (Wildman–Crippen MR) is 140 cm³/mol. The van der Waals surface area contributed by atoms with Gasteiger partial charge in [0.2, 0.25) is 0 Å². The highest BCUT2D eigenvalue weighted by Gasteiger charge is 2.09. The van der Waals surface area contributed by atoms with Gasteiger partial charge in [0.15, 0.2) is 0 Å². The first kappa shape index (κ1) is 21.7. The molecule has 6 nitrogen and oxygen atoms in total. The molecule has 3 N–H and O–H groups in total. The average Bonchev–Trinajstić information content (AvgIpc) is 2.89. The molecule has 0 bridgehead atoms. The van der Waals surface area contributed by atoms with Crippen LogP contribution in [0.4, 0.5) is 28.4 Å². The van der Waals surface area contributed by atoms with Crippen molar-refractivity contribution in [2.24, 2.45) is 0 Å². The third-order valence-electron chi connectivity index (χ3n) is 5.46. The molecule has 0 aliphatic heterocycles. The van der Waals surface area contributed by atoms with E-state index in [1.165, 1.54) is 0 Å². The van der Waals surface area contributed by atoms with Gasteiger partial charge < -0.3 is 16.0 Å². The van der Waals surface area contributed by atoms with Crippen LogP contribution >= 0.6 is 0 Å². The zero-order valence-corrected chi connectivity index (χ0v) is 18.7. The van der Waals surface area contributed by atoms with Crippen LogP contribution in [-0.4, -0.2) is 10.9 Å². The van der Waals surface area contributed by atoms with Crippen LogP contribution in [0.15, 0.2) is 109 Å². The molecule has 0 spiro atoms. The largest absolute Gasteiger partial charge is 0.356 e. The van der Waals surface area contributed by atoms with E-state index in [1.54, 1.807) is 18.3 Å². The molecule has 5 rings (SSSR count). The Labute approximate surface area is 202 Å². The SMILES string of the molecule is N#Cc1ccc2nccc(Nc3cccc(NC(=O)c4cccc(Nc5ccccc5)c4)c3)c2c1. The van der Waals surface area contributed by atoms with Gasteiger partial charge in [0.25, 0.3) is 5.91 Å². The molecule has 4 aromatic carbocycles. The molecule has 1 aromatic heterocycles. The topological polar surface area (TPSA) is 89.8 Å². The van der Waals surface area contributed by atoms with Crippen molar-refractivity contribution in [3.8, 4) is 6.07 Å². The van der Waals surface area contributed by atoms with Gasteiger partial charge in [-0.2, -0.15) is 5.26 Å². The van der Waals surface area contributed by atoms with Gasteiger partial charge in [0.05, 0.1) is 17.1 Å². The van der Waals surface area contributed by atoms with E-state index in [0.29, 0.717) is 16.8 Å². The molecule has 0 aliphatic rings. The second-order valence-corrected chi connectivity index (χ2v) is 7.93. The Morgan fingerprint density at radius 2 is 1.46 bits per heavy atom. The van der Waals surface area contributed by atoms with Gasteiger partial charge in [-0.15, -0.1) is 0 Å². The minimum Gasteiger partial charge on any atom is -0.356 e.